The zero-order valence-electron chi connectivity index (χ0n) is 8.48. The zero-order valence-corrected chi connectivity index (χ0v) is 9.30. The van der Waals surface area contributed by atoms with Crippen LogP contribution in [-0.4, -0.2) is 21.7 Å². The van der Waals surface area contributed by atoms with Crippen LogP contribution in [0.1, 0.15) is 5.69 Å². The fourth-order valence-electron chi connectivity index (χ4n) is 1.09. The topological polar surface area (TPSA) is 90.0 Å². The van der Waals surface area contributed by atoms with Crippen LogP contribution in [-0.2, 0) is 11.3 Å². The first-order chi connectivity index (χ1) is 7.08. The van der Waals surface area contributed by atoms with Crippen molar-refractivity contribution in [2.45, 2.75) is 18.6 Å². The Balaban J connectivity index is 3.15. The molecule has 1 aromatic rings. The summed E-state index contributed by atoms with van der Waals surface area (Å²) in [6.07, 6.45) is 1.79. The van der Waals surface area contributed by atoms with E-state index in [0.29, 0.717) is 10.9 Å². The van der Waals surface area contributed by atoms with Gasteiger partial charge in [0.25, 0.3) is 11.5 Å². The number of nitrogens with zero attached hydrogens (tertiary/aromatic N) is 2. The molecule has 0 atom stereocenters. The van der Waals surface area contributed by atoms with Gasteiger partial charge in [-0.2, -0.15) is 0 Å². The Morgan fingerprint density at radius 1 is 1.73 bits per heavy atom. The third kappa shape index (κ3) is 2.80. The number of amides is 1. The Morgan fingerprint density at radius 3 is 2.93 bits per heavy atom. The summed E-state index contributed by atoms with van der Waals surface area (Å²) in [5.41, 5.74) is 2.35. The Labute approximate surface area is 90.8 Å². The molecule has 1 amide bonds. The number of hydrogen-bond acceptors (Lipinski definition) is 5. The molecule has 0 aromatic carbocycles. The van der Waals surface area contributed by atoms with Gasteiger partial charge in [-0.05, 0) is 13.2 Å². The molecule has 3 N–H and O–H groups in total. The van der Waals surface area contributed by atoms with Gasteiger partial charge in [-0.25, -0.2) is 10.8 Å². The van der Waals surface area contributed by atoms with Gasteiger partial charge in [-0.3, -0.25) is 19.6 Å². The Morgan fingerprint density at radius 2 is 2.40 bits per heavy atom. The second-order valence-electron chi connectivity index (χ2n) is 2.88. The lowest BCUT2D eigenvalue weighted by molar-refractivity contribution is -0.121. The normalized spacial score (nSPS) is 10.1. The highest BCUT2D eigenvalue weighted by molar-refractivity contribution is 7.98. The van der Waals surface area contributed by atoms with E-state index in [9.17, 15) is 9.59 Å². The van der Waals surface area contributed by atoms with Crippen molar-refractivity contribution in [1.82, 2.24) is 15.0 Å². The number of carbonyl (C=O) groups is 1. The molecule has 0 bridgehead atoms. The minimum atomic E-state index is -0.432. The van der Waals surface area contributed by atoms with Crippen LogP contribution in [0.2, 0.25) is 0 Å². The molecule has 1 aromatic heterocycles. The van der Waals surface area contributed by atoms with E-state index in [1.807, 2.05) is 5.43 Å². The Kier molecular flexibility index (Phi) is 3.87. The first kappa shape index (κ1) is 11.7. The summed E-state index contributed by atoms with van der Waals surface area (Å²) in [6.45, 7) is 1.62. The SMILES string of the molecule is CSc1nc(C)cc(=O)n1CC(=O)NN. The summed E-state index contributed by atoms with van der Waals surface area (Å²) in [5, 5.41) is 0.503. The number of rotatable bonds is 3. The van der Waals surface area contributed by atoms with Gasteiger partial charge in [-0.1, -0.05) is 11.8 Å². The van der Waals surface area contributed by atoms with Crippen LogP contribution in [0.25, 0.3) is 0 Å². The second kappa shape index (κ2) is 4.94. The maximum absolute atomic E-state index is 11.6. The quantitative estimate of drug-likeness (QED) is 0.234. The molecule has 0 saturated carbocycles. The fraction of sp³-hybridized carbons (Fsp3) is 0.375. The van der Waals surface area contributed by atoms with Crippen LogP contribution in [0.3, 0.4) is 0 Å². The van der Waals surface area contributed by atoms with Gasteiger partial charge in [0.1, 0.15) is 6.54 Å². The van der Waals surface area contributed by atoms with Crippen LogP contribution < -0.4 is 16.8 Å². The van der Waals surface area contributed by atoms with Crippen molar-refractivity contribution in [2.75, 3.05) is 6.26 Å². The third-order valence-electron chi connectivity index (χ3n) is 1.75. The van der Waals surface area contributed by atoms with Gasteiger partial charge < -0.3 is 0 Å². The summed E-state index contributed by atoms with van der Waals surface area (Å²) in [6, 6.07) is 1.38. The minimum Gasteiger partial charge on any atom is -0.293 e. The van der Waals surface area contributed by atoms with E-state index in [1.54, 1.807) is 13.2 Å². The van der Waals surface area contributed by atoms with Crippen molar-refractivity contribution in [2.24, 2.45) is 5.84 Å². The van der Waals surface area contributed by atoms with Crippen LogP contribution in [0.4, 0.5) is 0 Å². The smallest absolute Gasteiger partial charge is 0.254 e. The molecule has 0 saturated heterocycles. The predicted octanol–water partition coefficient (Wildman–Crippen LogP) is -0.736. The minimum absolute atomic E-state index is 0.112. The van der Waals surface area contributed by atoms with Gasteiger partial charge in [0.2, 0.25) is 0 Å². The van der Waals surface area contributed by atoms with Gasteiger partial charge in [-0.15, -0.1) is 0 Å². The maximum atomic E-state index is 11.6. The number of hydrazine groups is 1. The molecule has 15 heavy (non-hydrogen) atoms. The number of nitrogens with one attached hydrogen (secondary N) is 1. The lowest BCUT2D eigenvalue weighted by atomic mass is 10.4. The molecule has 0 aliphatic heterocycles. The molecular weight excluding hydrogens is 216 g/mol. The van der Waals surface area contributed by atoms with Gasteiger partial charge in [0.15, 0.2) is 5.16 Å². The largest absolute Gasteiger partial charge is 0.293 e. The summed E-state index contributed by atoms with van der Waals surface area (Å²) in [4.78, 5) is 26.8. The first-order valence-corrected chi connectivity index (χ1v) is 5.43. The molecule has 0 aliphatic rings. The number of aromatic nitrogens is 2. The van der Waals surface area contributed by atoms with Crippen molar-refractivity contribution in [3.63, 3.8) is 0 Å². The molecule has 82 valence electrons. The van der Waals surface area contributed by atoms with Gasteiger partial charge in [0.05, 0.1) is 0 Å². The molecule has 7 heteroatoms. The molecule has 1 rings (SSSR count). The molecule has 6 nitrogen and oxygen atoms in total. The van der Waals surface area contributed by atoms with E-state index in [4.69, 9.17) is 5.84 Å². The van der Waals surface area contributed by atoms with Crippen molar-refractivity contribution < 1.29 is 4.79 Å². The summed E-state index contributed by atoms with van der Waals surface area (Å²) >= 11 is 1.31. The first-order valence-electron chi connectivity index (χ1n) is 4.20. The molecule has 0 radical (unpaired) electrons. The van der Waals surface area contributed by atoms with Crippen molar-refractivity contribution in [3.05, 3.63) is 22.1 Å². The third-order valence-corrected chi connectivity index (χ3v) is 2.42. The van der Waals surface area contributed by atoms with E-state index in [0.717, 1.165) is 0 Å². The molecule has 0 aliphatic carbocycles. The summed E-state index contributed by atoms with van der Waals surface area (Å²) in [7, 11) is 0. The van der Waals surface area contributed by atoms with Crippen molar-refractivity contribution in [3.8, 4) is 0 Å². The van der Waals surface area contributed by atoms with Crippen LogP contribution in [0, 0.1) is 6.92 Å². The molecule has 0 unspecified atom stereocenters. The van der Waals surface area contributed by atoms with Crippen molar-refractivity contribution in [1.29, 1.82) is 0 Å². The lowest BCUT2D eigenvalue weighted by Gasteiger charge is -2.09. The van der Waals surface area contributed by atoms with Crippen LogP contribution >= 0.6 is 11.8 Å². The fourth-order valence-corrected chi connectivity index (χ4v) is 1.70. The number of aryl methyl sites for hydroxylation is 1. The number of carbonyl (C=O) groups excluding carboxylic acids is 1. The molecule has 0 fully saturated rings. The summed E-state index contributed by atoms with van der Waals surface area (Å²) in [5.74, 6) is 4.52. The second-order valence-corrected chi connectivity index (χ2v) is 3.65. The number of thioether (sulfide) groups is 1. The lowest BCUT2D eigenvalue weighted by Crippen LogP contribution is -2.37. The highest BCUT2D eigenvalue weighted by atomic mass is 32.2. The van der Waals surface area contributed by atoms with E-state index >= 15 is 0 Å². The Bertz CT molecular complexity index is 429. The van der Waals surface area contributed by atoms with Crippen LogP contribution in [0.5, 0.6) is 0 Å². The van der Waals surface area contributed by atoms with Gasteiger partial charge >= 0.3 is 0 Å². The van der Waals surface area contributed by atoms with Crippen molar-refractivity contribution >= 4 is 17.7 Å². The van der Waals surface area contributed by atoms with E-state index in [1.165, 1.54) is 22.4 Å². The molecule has 0 spiro atoms. The zero-order chi connectivity index (χ0) is 11.4. The number of nitrogens with two attached hydrogens (primary N) is 1. The highest BCUT2D eigenvalue weighted by Gasteiger charge is 2.09. The van der Waals surface area contributed by atoms with E-state index < -0.39 is 5.91 Å². The predicted molar refractivity (Wildman–Crippen MR) is 57.3 cm³/mol. The Hall–Kier alpha value is -1.34. The van der Waals surface area contributed by atoms with E-state index in [-0.39, 0.29) is 12.1 Å². The average molecular weight is 228 g/mol. The van der Waals surface area contributed by atoms with Crippen LogP contribution in [0.15, 0.2) is 16.0 Å². The van der Waals surface area contributed by atoms with E-state index in [2.05, 4.69) is 4.98 Å². The monoisotopic (exact) mass is 228 g/mol. The van der Waals surface area contributed by atoms with Gasteiger partial charge in [0, 0.05) is 11.8 Å². The molecule has 1 heterocycles. The average Bonchev–Trinajstić information content (AvgIpc) is 2.21. The summed E-state index contributed by atoms with van der Waals surface area (Å²) < 4.78 is 1.28. The highest BCUT2D eigenvalue weighted by Crippen LogP contribution is 2.09. The maximum Gasteiger partial charge on any atom is 0.254 e. The standard InChI is InChI=1S/C8H12N4O2S/c1-5-3-7(14)12(4-6(13)11-9)8(10-5)15-2/h3H,4,9H2,1-2H3,(H,11,13). The number of hydrogen-bond donors (Lipinski definition) is 2. The molecular formula is C8H12N4O2S.